The molecule has 3 aliphatic rings. The van der Waals surface area contributed by atoms with Gasteiger partial charge in [0.2, 0.25) is 5.91 Å². The predicted molar refractivity (Wildman–Crippen MR) is 92.2 cm³/mol. The first-order chi connectivity index (χ1) is 11.1. The van der Waals surface area contributed by atoms with E-state index >= 15 is 0 Å². The summed E-state index contributed by atoms with van der Waals surface area (Å²) < 4.78 is 0. The molecule has 0 spiro atoms. The van der Waals surface area contributed by atoms with Crippen LogP contribution in [0, 0.1) is 5.92 Å². The minimum Gasteiger partial charge on any atom is -0.389 e. The summed E-state index contributed by atoms with van der Waals surface area (Å²) >= 11 is 0. The van der Waals surface area contributed by atoms with Gasteiger partial charge in [0.1, 0.15) is 0 Å². The summed E-state index contributed by atoms with van der Waals surface area (Å²) in [6.45, 7) is 2.85. The summed E-state index contributed by atoms with van der Waals surface area (Å²) in [5.41, 5.74) is -0.448. The zero-order chi connectivity index (χ0) is 16.1. The Kier molecular flexibility index (Phi) is 5.97. The summed E-state index contributed by atoms with van der Waals surface area (Å²) in [5.74, 6) is 0.568. The number of rotatable bonds is 4. The van der Waals surface area contributed by atoms with Gasteiger partial charge < -0.3 is 15.3 Å². The van der Waals surface area contributed by atoms with Crippen LogP contribution in [0.3, 0.4) is 0 Å². The van der Waals surface area contributed by atoms with E-state index in [1.807, 2.05) is 0 Å². The Morgan fingerprint density at radius 1 is 0.957 bits per heavy atom. The van der Waals surface area contributed by atoms with Crippen LogP contribution >= 0.6 is 0 Å². The molecule has 1 amide bonds. The molecule has 0 aromatic carbocycles. The molecule has 4 nitrogen and oxygen atoms in total. The maximum absolute atomic E-state index is 12.4. The molecule has 0 radical (unpaired) electrons. The normalized spacial score (nSPS) is 27.7. The Bertz CT molecular complexity index is 379. The van der Waals surface area contributed by atoms with Crippen molar-refractivity contribution in [3.63, 3.8) is 0 Å². The smallest absolute Gasteiger partial charge is 0.223 e. The molecule has 2 aliphatic carbocycles. The Balaban J connectivity index is 1.38. The number of β-amino-alcohol motifs (C(OH)–C–C–N with tert-alkyl or cyclic N) is 1. The highest BCUT2D eigenvalue weighted by atomic mass is 16.3. The SMILES string of the molecule is O=C(NC1CCN(CC2(O)CCCCC2)CC1)C1CCCCC1. The predicted octanol–water partition coefficient (Wildman–Crippen LogP) is 2.84. The number of amides is 1. The molecule has 3 fully saturated rings. The molecule has 2 saturated carbocycles. The van der Waals surface area contributed by atoms with E-state index in [1.54, 1.807) is 0 Å². The van der Waals surface area contributed by atoms with E-state index in [4.69, 9.17) is 0 Å². The molecular formula is C19H34N2O2. The fourth-order valence-electron chi connectivity index (χ4n) is 4.70. The number of nitrogens with one attached hydrogen (secondary N) is 1. The van der Waals surface area contributed by atoms with E-state index in [1.165, 1.54) is 38.5 Å². The maximum Gasteiger partial charge on any atom is 0.223 e. The van der Waals surface area contributed by atoms with E-state index in [2.05, 4.69) is 10.2 Å². The van der Waals surface area contributed by atoms with Crippen molar-refractivity contribution < 1.29 is 9.90 Å². The van der Waals surface area contributed by atoms with Crippen LogP contribution in [-0.4, -0.2) is 47.2 Å². The van der Waals surface area contributed by atoms with Crippen molar-refractivity contribution in [3.05, 3.63) is 0 Å². The Labute approximate surface area is 141 Å². The Hall–Kier alpha value is -0.610. The summed E-state index contributed by atoms with van der Waals surface area (Å²) in [6.07, 6.45) is 13.5. The first-order valence-electron chi connectivity index (χ1n) is 9.90. The molecule has 1 aliphatic heterocycles. The Morgan fingerprint density at radius 2 is 1.57 bits per heavy atom. The van der Waals surface area contributed by atoms with Gasteiger partial charge in [0.05, 0.1) is 5.60 Å². The minimum absolute atomic E-state index is 0.268. The molecule has 1 heterocycles. The molecule has 23 heavy (non-hydrogen) atoms. The number of hydrogen-bond acceptors (Lipinski definition) is 3. The van der Waals surface area contributed by atoms with Crippen LogP contribution in [0.5, 0.6) is 0 Å². The van der Waals surface area contributed by atoms with Crippen molar-refractivity contribution in [1.82, 2.24) is 10.2 Å². The second kappa shape index (κ2) is 7.98. The van der Waals surface area contributed by atoms with Crippen molar-refractivity contribution in [3.8, 4) is 0 Å². The zero-order valence-corrected chi connectivity index (χ0v) is 14.6. The summed E-state index contributed by atoms with van der Waals surface area (Å²) in [7, 11) is 0. The molecule has 0 atom stereocenters. The molecule has 0 unspecified atom stereocenters. The zero-order valence-electron chi connectivity index (χ0n) is 14.6. The number of likely N-dealkylation sites (tertiary alicyclic amines) is 1. The quantitative estimate of drug-likeness (QED) is 0.837. The van der Waals surface area contributed by atoms with Gasteiger partial charge in [-0.15, -0.1) is 0 Å². The van der Waals surface area contributed by atoms with Crippen LogP contribution in [0.2, 0.25) is 0 Å². The topological polar surface area (TPSA) is 52.6 Å². The van der Waals surface area contributed by atoms with Crippen molar-refractivity contribution in [1.29, 1.82) is 0 Å². The van der Waals surface area contributed by atoms with E-state index in [9.17, 15) is 9.90 Å². The third-order valence-electron chi connectivity index (χ3n) is 6.21. The lowest BCUT2D eigenvalue weighted by Crippen LogP contribution is -2.51. The van der Waals surface area contributed by atoms with Gasteiger partial charge in [0.25, 0.3) is 0 Å². The average molecular weight is 322 g/mol. The number of nitrogens with zero attached hydrogens (tertiary/aromatic N) is 1. The minimum atomic E-state index is -0.448. The average Bonchev–Trinajstić information content (AvgIpc) is 2.58. The number of carbonyl (C=O) groups excluding carboxylic acids is 1. The van der Waals surface area contributed by atoms with Gasteiger partial charge in [0.15, 0.2) is 0 Å². The van der Waals surface area contributed by atoms with Crippen molar-refractivity contribution in [2.24, 2.45) is 5.92 Å². The maximum atomic E-state index is 12.4. The highest BCUT2D eigenvalue weighted by Crippen LogP contribution is 2.30. The molecule has 0 bridgehead atoms. The van der Waals surface area contributed by atoms with Gasteiger partial charge in [-0.2, -0.15) is 0 Å². The van der Waals surface area contributed by atoms with Crippen LogP contribution in [0.1, 0.15) is 77.0 Å². The first-order valence-corrected chi connectivity index (χ1v) is 9.90. The third-order valence-corrected chi connectivity index (χ3v) is 6.21. The highest BCUT2D eigenvalue weighted by molar-refractivity contribution is 5.79. The summed E-state index contributed by atoms with van der Waals surface area (Å²) in [6, 6.07) is 0.349. The van der Waals surface area contributed by atoms with Crippen LogP contribution in [0.25, 0.3) is 0 Å². The summed E-state index contributed by atoms with van der Waals surface area (Å²) in [4.78, 5) is 14.8. The monoisotopic (exact) mass is 322 g/mol. The molecule has 0 aromatic heterocycles. The Morgan fingerprint density at radius 3 is 2.22 bits per heavy atom. The van der Waals surface area contributed by atoms with Crippen LogP contribution in [-0.2, 0) is 4.79 Å². The summed E-state index contributed by atoms with van der Waals surface area (Å²) in [5, 5.41) is 14.0. The molecular weight excluding hydrogens is 288 g/mol. The molecule has 132 valence electrons. The number of carbonyl (C=O) groups is 1. The fraction of sp³-hybridized carbons (Fsp3) is 0.947. The fourth-order valence-corrected chi connectivity index (χ4v) is 4.70. The van der Waals surface area contributed by atoms with Gasteiger partial charge in [-0.25, -0.2) is 0 Å². The molecule has 2 N–H and O–H groups in total. The van der Waals surface area contributed by atoms with Gasteiger partial charge in [-0.1, -0.05) is 38.5 Å². The number of hydrogen-bond donors (Lipinski definition) is 2. The van der Waals surface area contributed by atoms with Gasteiger partial charge in [-0.3, -0.25) is 4.79 Å². The lowest BCUT2D eigenvalue weighted by molar-refractivity contribution is -0.127. The second-order valence-electron chi connectivity index (χ2n) is 8.18. The van der Waals surface area contributed by atoms with E-state index in [-0.39, 0.29) is 5.92 Å². The molecule has 0 aromatic rings. The molecule has 4 heteroatoms. The molecule has 3 rings (SSSR count). The van der Waals surface area contributed by atoms with E-state index < -0.39 is 5.60 Å². The van der Waals surface area contributed by atoms with Crippen LogP contribution in [0.4, 0.5) is 0 Å². The number of piperidine rings is 1. The van der Waals surface area contributed by atoms with Crippen molar-refractivity contribution in [2.45, 2.75) is 88.7 Å². The lowest BCUT2D eigenvalue weighted by Gasteiger charge is -2.40. The largest absolute Gasteiger partial charge is 0.389 e. The van der Waals surface area contributed by atoms with Crippen molar-refractivity contribution in [2.75, 3.05) is 19.6 Å². The standard InChI is InChI=1S/C19H34N2O2/c22-18(16-7-3-1-4-8-16)20-17-9-13-21(14-10-17)15-19(23)11-5-2-6-12-19/h16-17,23H,1-15H2,(H,20,22). The molecule has 1 saturated heterocycles. The first kappa shape index (κ1) is 17.2. The third kappa shape index (κ3) is 4.93. The number of aliphatic hydroxyl groups is 1. The van der Waals surface area contributed by atoms with Crippen LogP contribution < -0.4 is 5.32 Å². The van der Waals surface area contributed by atoms with Gasteiger partial charge >= 0.3 is 0 Å². The van der Waals surface area contributed by atoms with Gasteiger partial charge in [-0.05, 0) is 38.5 Å². The van der Waals surface area contributed by atoms with Crippen molar-refractivity contribution >= 4 is 5.91 Å². The van der Waals surface area contributed by atoms with E-state index in [0.717, 1.165) is 58.2 Å². The second-order valence-corrected chi connectivity index (χ2v) is 8.18. The van der Waals surface area contributed by atoms with E-state index in [0.29, 0.717) is 11.9 Å². The van der Waals surface area contributed by atoms with Crippen LogP contribution in [0.15, 0.2) is 0 Å². The lowest BCUT2D eigenvalue weighted by atomic mass is 9.84. The van der Waals surface area contributed by atoms with Gasteiger partial charge in [0, 0.05) is 31.6 Å². The highest BCUT2D eigenvalue weighted by Gasteiger charge is 2.33.